The van der Waals surface area contributed by atoms with Crippen molar-refractivity contribution in [3.63, 3.8) is 0 Å². The van der Waals surface area contributed by atoms with E-state index in [0.717, 1.165) is 11.4 Å². The van der Waals surface area contributed by atoms with Gasteiger partial charge in [0.2, 0.25) is 0 Å². The number of hydrogen-bond donors (Lipinski definition) is 1. The van der Waals surface area contributed by atoms with Crippen molar-refractivity contribution in [3.8, 4) is 11.1 Å². The predicted molar refractivity (Wildman–Crippen MR) is 113 cm³/mol. The molecule has 4 rings (SSSR count). The first-order chi connectivity index (χ1) is 12.7. The standard InChI is InChI=1S/C25H23N/c1-18(2)20-15-16-24(25(17-20)26-21-11-4-3-5-12-21)23-14-8-10-19-9-6-7-13-22(19)23/h3-18,26H,1-2H3. The van der Waals surface area contributed by atoms with Crippen molar-refractivity contribution in [2.75, 3.05) is 5.32 Å². The smallest absolute Gasteiger partial charge is 0.0467 e. The van der Waals surface area contributed by atoms with Crippen LogP contribution in [-0.4, -0.2) is 0 Å². The van der Waals surface area contributed by atoms with Crippen LogP contribution >= 0.6 is 0 Å². The molecule has 4 aromatic carbocycles. The van der Waals surface area contributed by atoms with Crippen molar-refractivity contribution in [2.45, 2.75) is 19.8 Å². The first-order valence-corrected chi connectivity index (χ1v) is 9.16. The van der Waals surface area contributed by atoms with Crippen LogP contribution in [0.5, 0.6) is 0 Å². The molecule has 0 spiro atoms. The molecule has 128 valence electrons. The van der Waals surface area contributed by atoms with Crippen LogP contribution in [0.2, 0.25) is 0 Å². The Hall–Kier alpha value is -3.06. The van der Waals surface area contributed by atoms with Gasteiger partial charge in [0.1, 0.15) is 0 Å². The lowest BCUT2D eigenvalue weighted by Gasteiger charge is -2.17. The molecule has 0 aromatic heterocycles. The fourth-order valence-electron chi connectivity index (χ4n) is 3.40. The van der Waals surface area contributed by atoms with Gasteiger partial charge in [-0.25, -0.2) is 0 Å². The fourth-order valence-corrected chi connectivity index (χ4v) is 3.40. The van der Waals surface area contributed by atoms with Crippen molar-refractivity contribution in [1.82, 2.24) is 0 Å². The molecular formula is C25H23N. The summed E-state index contributed by atoms with van der Waals surface area (Å²) in [6.45, 7) is 4.47. The van der Waals surface area contributed by atoms with E-state index in [9.17, 15) is 0 Å². The zero-order valence-electron chi connectivity index (χ0n) is 15.2. The number of nitrogens with one attached hydrogen (secondary N) is 1. The summed E-state index contributed by atoms with van der Waals surface area (Å²) < 4.78 is 0. The Morgan fingerprint density at radius 1 is 0.654 bits per heavy atom. The Morgan fingerprint density at radius 3 is 2.19 bits per heavy atom. The van der Waals surface area contributed by atoms with Crippen LogP contribution < -0.4 is 5.32 Å². The Labute approximate surface area is 155 Å². The minimum absolute atomic E-state index is 0.493. The van der Waals surface area contributed by atoms with E-state index in [1.54, 1.807) is 0 Å². The van der Waals surface area contributed by atoms with Crippen LogP contribution in [0.4, 0.5) is 11.4 Å². The van der Waals surface area contributed by atoms with Gasteiger partial charge < -0.3 is 5.32 Å². The van der Waals surface area contributed by atoms with Crippen LogP contribution in [0.1, 0.15) is 25.3 Å². The van der Waals surface area contributed by atoms with E-state index in [-0.39, 0.29) is 0 Å². The molecule has 0 radical (unpaired) electrons. The summed E-state index contributed by atoms with van der Waals surface area (Å²) in [5.41, 5.74) is 6.09. The van der Waals surface area contributed by atoms with Crippen molar-refractivity contribution in [1.29, 1.82) is 0 Å². The molecule has 1 nitrogen and oxygen atoms in total. The molecule has 0 amide bonds. The third-order valence-electron chi connectivity index (χ3n) is 4.84. The molecule has 0 heterocycles. The highest BCUT2D eigenvalue weighted by Crippen LogP contribution is 2.36. The van der Waals surface area contributed by atoms with Gasteiger partial charge in [-0.15, -0.1) is 0 Å². The van der Waals surface area contributed by atoms with Gasteiger partial charge in [0, 0.05) is 16.9 Å². The van der Waals surface area contributed by atoms with Gasteiger partial charge in [0.05, 0.1) is 0 Å². The van der Waals surface area contributed by atoms with E-state index < -0.39 is 0 Å². The third kappa shape index (κ3) is 3.21. The number of hydrogen-bond acceptors (Lipinski definition) is 1. The van der Waals surface area contributed by atoms with Crippen molar-refractivity contribution in [3.05, 3.63) is 96.6 Å². The van der Waals surface area contributed by atoms with Gasteiger partial charge >= 0.3 is 0 Å². The van der Waals surface area contributed by atoms with Crippen molar-refractivity contribution in [2.24, 2.45) is 0 Å². The fraction of sp³-hybridized carbons (Fsp3) is 0.120. The van der Waals surface area contributed by atoms with Crippen LogP contribution in [0.3, 0.4) is 0 Å². The molecule has 4 aromatic rings. The molecule has 0 aliphatic rings. The second-order valence-electron chi connectivity index (χ2n) is 6.98. The number of benzene rings is 4. The van der Waals surface area contributed by atoms with E-state index >= 15 is 0 Å². The first kappa shape index (κ1) is 16.4. The Morgan fingerprint density at radius 2 is 1.38 bits per heavy atom. The minimum atomic E-state index is 0.493. The van der Waals surface area contributed by atoms with Gasteiger partial charge in [0.15, 0.2) is 0 Å². The summed E-state index contributed by atoms with van der Waals surface area (Å²) in [6.07, 6.45) is 0. The largest absolute Gasteiger partial charge is 0.355 e. The maximum Gasteiger partial charge on any atom is 0.0467 e. The lowest BCUT2D eigenvalue weighted by molar-refractivity contribution is 0.867. The van der Waals surface area contributed by atoms with Crippen LogP contribution in [0, 0.1) is 0 Å². The van der Waals surface area contributed by atoms with Gasteiger partial charge in [-0.1, -0.05) is 86.6 Å². The van der Waals surface area contributed by atoms with Gasteiger partial charge in [-0.2, -0.15) is 0 Å². The van der Waals surface area contributed by atoms with E-state index in [4.69, 9.17) is 0 Å². The lowest BCUT2D eigenvalue weighted by Crippen LogP contribution is -1.97. The van der Waals surface area contributed by atoms with E-state index in [1.165, 1.54) is 27.5 Å². The zero-order valence-corrected chi connectivity index (χ0v) is 15.2. The molecule has 0 atom stereocenters. The minimum Gasteiger partial charge on any atom is -0.355 e. The molecule has 1 N–H and O–H groups in total. The summed E-state index contributed by atoms with van der Waals surface area (Å²) in [5, 5.41) is 6.18. The maximum absolute atomic E-state index is 3.63. The normalized spacial score (nSPS) is 11.0. The van der Waals surface area contributed by atoms with E-state index in [0.29, 0.717) is 5.92 Å². The quantitative estimate of drug-likeness (QED) is 0.410. The van der Waals surface area contributed by atoms with E-state index in [2.05, 4.69) is 104 Å². The summed E-state index contributed by atoms with van der Waals surface area (Å²) in [4.78, 5) is 0. The molecule has 0 fully saturated rings. The monoisotopic (exact) mass is 337 g/mol. The second-order valence-corrected chi connectivity index (χ2v) is 6.98. The van der Waals surface area contributed by atoms with Crippen molar-refractivity contribution < 1.29 is 0 Å². The third-order valence-corrected chi connectivity index (χ3v) is 4.84. The van der Waals surface area contributed by atoms with Crippen LogP contribution in [0.25, 0.3) is 21.9 Å². The summed E-state index contributed by atoms with van der Waals surface area (Å²) in [5.74, 6) is 0.493. The van der Waals surface area contributed by atoms with Crippen molar-refractivity contribution >= 4 is 22.1 Å². The molecule has 0 saturated heterocycles. The number of rotatable bonds is 4. The SMILES string of the molecule is CC(C)c1ccc(-c2cccc3ccccc23)c(Nc2ccccc2)c1. The van der Waals surface area contributed by atoms with Gasteiger partial charge in [-0.3, -0.25) is 0 Å². The predicted octanol–water partition coefficient (Wildman–Crippen LogP) is 7.37. The van der Waals surface area contributed by atoms with E-state index in [1.807, 2.05) is 6.07 Å². The molecule has 0 saturated carbocycles. The number of anilines is 2. The molecule has 0 aliphatic carbocycles. The summed E-state index contributed by atoms with van der Waals surface area (Å²) in [7, 11) is 0. The Kier molecular flexibility index (Phi) is 4.45. The first-order valence-electron chi connectivity index (χ1n) is 9.16. The maximum atomic E-state index is 3.63. The summed E-state index contributed by atoms with van der Waals surface area (Å²) in [6, 6.07) is 32.3. The van der Waals surface area contributed by atoms with Crippen LogP contribution in [0.15, 0.2) is 91.0 Å². The highest BCUT2D eigenvalue weighted by atomic mass is 14.9. The Balaban J connectivity index is 1.89. The zero-order chi connectivity index (χ0) is 17.9. The van der Waals surface area contributed by atoms with Gasteiger partial charge in [0.25, 0.3) is 0 Å². The van der Waals surface area contributed by atoms with Gasteiger partial charge in [-0.05, 0) is 46.0 Å². The number of fused-ring (bicyclic) bond motifs is 1. The molecule has 0 unspecified atom stereocenters. The molecule has 0 aliphatic heterocycles. The number of para-hydroxylation sites is 1. The second kappa shape index (κ2) is 7.05. The molecule has 26 heavy (non-hydrogen) atoms. The topological polar surface area (TPSA) is 12.0 Å². The Bertz CT molecular complexity index is 1030. The average Bonchev–Trinajstić information content (AvgIpc) is 2.68. The van der Waals surface area contributed by atoms with Crippen LogP contribution in [-0.2, 0) is 0 Å². The molecular weight excluding hydrogens is 314 g/mol. The average molecular weight is 337 g/mol. The highest BCUT2D eigenvalue weighted by molar-refractivity contribution is 6.00. The highest BCUT2D eigenvalue weighted by Gasteiger charge is 2.11. The molecule has 0 bridgehead atoms. The molecule has 1 heteroatoms. The summed E-state index contributed by atoms with van der Waals surface area (Å²) >= 11 is 0. The lowest BCUT2D eigenvalue weighted by atomic mass is 9.93.